The predicted molar refractivity (Wildman–Crippen MR) is 44.5 cm³/mol. The summed E-state index contributed by atoms with van der Waals surface area (Å²) in [6.07, 6.45) is -0.618. The molecule has 0 amide bonds. The Hall–Kier alpha value is -1.34. The van der Waals surface area contributed by atoms with Gasteiger partial charge in [0.15, 0.2) is 0 Å². The first-order valence-corrected chi connectivity index (χ1v) is 3.76. The van der Waals surface area contributed by atoms with Crippen molar-refractivity contribution in [3.63, 3.8) is 0 Å². The Bertz CT molecular complexity index is 208. The molecule has 11 heavy (non-hydrogen) atoms. The fourth-order valence-corrected chi connectivity index (χ4v) is 0.949. The molecule has 0 spiro atoms. The molecular formula is C8H8BrORf-. The third kappa shape index (κ3) is 2.40. The second kappa shape index (κ2) is 3.74. The van der Waals surface area contributed by atoms with Crippen LogP contribution < -0.4 is 0 Å². The summed E-state index contributed by atoms with van der Waals surface area (Å²) in [6, 6.07) is 7.43. The van der Waals surface area contributed by atoms with Crippen molar-refractivity contribution in [1.82, 2.24) is 0 Å². The fourth-order valence-electron chi connectivity index (χ4n) is 0.685. The second-order valence-corrected chi connectivity index (χ2v) is 2.98. The standard InChI is InChI=1S/C8H8BrO.Rf/c1-6(10)7-2-4-8(9)5-3-7;/h2-6,10H,1H2;/q-1;. The van der Waals surface area contributed by atoms with Gasteiger partial charge in [-0.1, -0.05) is 33.6 Å². The number of halogens is 1. The van der Waals surface area contributed by atoms with E-state index in [2.05, 4.69) is 22.9 Å². The average Bonchev–Trinajstić information content (AvgIpc) is 1.88. The molecule has 3 heteroatoms. The first-order valence-electron chi connectivity index (χ1n) is 2.97. The van der Waals surface area contributed by atoms with Crippen molar-refractivity contribution in [3.05, 3.63) is 41.2 Å². The molecule has 1 N–H and O–H groups in total. The van der Waals surface area contributed by atoms with Crippen molar-refractivity contribution in [3.8, 4) is 0 Å². The van der Waals surface area contributed by atoms with E-state index in [1.807, 2.05) is 24.3 Å². The van der Waals surface area contributed by atoms with Crippen LogP contribution in [0.3, 0.4) is 0 Å². The predicted octanol–water partition coefficient (Wildman–Crippen LogP) is 2.32. The molecule has 0 heterocycles. The maximum atomic E-state index is 8.99. The summed E-state index contributed by atoms with van der Waals surface area (Å²) in [5, 5.41) is 8.99. The Kier molecular flexibility index (Phi) is 3.28. The van der Waals surface area contributed by atoms with Gasteiger partial charge in [-0.05, 0) is 18.2 Å². The summed E-state index contributed by atoms with van der Waals surface area (Å²) in [4.78, 5) is 0. The van der Waals surface area contributed by atoms with Gasteiger partial charge >= 0.3 is 0 Å². The molecule has 0 aliphatic rings. The third-order valence-corrected chi connectivity index (χ3v) is 1.78. The van der Waals surface area contributed by atoms with E-state index < -0.39 is 6.10 Å². The number of aliphatic hydroxyl groups is 1. The van der Waals surface area contributed by atoms with Crippen molar-refractivity contribution in [2.45, 2.75) is 6.10 Å². The van der Waals surface area contributed by atoms with Crippen molar-refractivity contribution in [2.75, 3.05) is 0 Å². The van der Waals surface area contributed by atoms with Crippen LogP contribution >= 0.6 is 15.9 Å². The summed E-state index contributed by atoms with van der Waals surface area (Å²) >= 11 is 3.29. The van der Waals surface area contributed by atoms with Gasteiger partial charge in [-0.15, -0.1) is 0 Å². The van der Waals surface area contributed by atoms with Crippen LogP contribution in [0.25, 0.3) is 0 Å². The summed E-state index contributed by atoms with van der Waals surface area (Å²) < 4.78 is 1.01. The molecule has 0 aromatic heterocycles. The van der Waals surface area contributed by atoms with E-state index in [0.29, 0.717) is 0 Å². The van der Waals surface area contributed by atoms with Crippen molar-refractivity contribution in [2.24, 2.45) is 0 Å². The van der Waals surface area contributed by atoms with E-state index in [4.69, 9.17) is 5.11 Å². The maximum absolute atomic E-state index is 8.99. The van der Waals surface area contributed by atoms with E-state index >= 15 is 0 Å². The summed E-state index contributed by atoms with van der Waals surface area (Å²) in [5.41, 5.74) is 0.836. The number of hydrogen-bond acceptors (Lipinski definition) is 1. The fraction of sp³-hybridized carbons (Fsp3) is 0.125. The molecule has 1 aromatic carbocycles. The Labute approximate surface area is 68.8 Å². The molecule has 0 saturated carbocycles. The van der Waals surface area contributed by atoms with Crippen LogP contribution in [0.1, 0.15) is 11.7 Å². The van der Waals surface area contributed by atoms with Gasteiger partial charge in [0.25, 0.3) is 0 Å². The normalized spacial score (nSPS) is 11.9. The first-order chi connectivity index (χ1) is 4.70. The number of benzene rings is 1. The van der Waals surface area contributed by atoms with Gasteiger partial charge in [0.05, 0.1) is 0 Å². The zero-order valence-corrected chi connectivity index (χ0v) is 14.1. The van der Waals surface area contributed by atoms with E-state index in [1.54, 1.807) is 0 Å². The van der Waals surface area contributed by atoms with E-state index in [0.717, 1.165) is 10.0 Å². The molecule has 0 aliphatic carbocycles. The van der Waals surface area contributed by atoms with E-state index in [-0.39, 0.29) is 0 Å². The Balaban J connectivity index is 0.000001000. The van der Waals surface area contributed by atoms with Crippen LogP contribution in [0, 0.1) is 6.92 Å². The Morgan fingerprint density at radius 2 is 1.73 bits per heavy atom. The van der Waals surface area contributed by atoms with Crippen LogP contribution in [-0.2, 0) is 0 Å². The van der Waals surface area contributed by atoms with E-state index in [1.165, 1.54) is 0 Å². The first kappa shape index (κ1) is 9.66. The molecule has 1 unspecified atom stereocenters. The molecule has 0 aliphatic heterocycles. The molecule has 0 saturated heterocycles. The summed E-state index contributed by atoms with van der Waals surface area (Å²) in [7, 11) is 0. The van der Waals surface area contributed by atoms with Gasteiger partial charge in [-0.2, -0.15) is 0 Å². The summed E-state index contributed by atoms with van der Waals surface area (Å²) in [6.45, 7) is 3.48. The topological polar surface area (TPSA) is 20.2 Å². The van der Waals surface area contributed by atoms with Gasteiger partial charge < -0.3 is 12.0 Å². The molecular weight excluding hydrogens is 459 g/mol. The molecule has 1 atom stereocenters. The van der Waals surface area contributed by atoms with Gasteiger partial charge in [-0.25, -0.2) is 0 Å². The number of hydrogen-bond donors (Lipinski definition) is 1. The van der Waals surface area contributed by atoms with Gasteiger partial charge in [0.1, 0.15) is 0 Å². The molecule has 1 rings (SSSR count). The van der Waals surface area contributed by atoms with E-state index in [9.17, 15) is 0 Å². The minimum Gasteiger partial charge on any atom is -0.421 e. The van der Waals surface area contributed by atoms with Crippen molar-refractivity contribution in [1.29, 1.82) is 0 Å². The average molecular weight is 467 g/mol. The van der Waals surface area contributed by atoms with Gasteiger partial charge in [0, 0.05) is 4.47 Å². The monoisotopic (exact) mass is 466 g/mol. The van der Waals surface area contributed by atoms with Crippen LogP contribution in [-0.4, -0.2) is 5.11 Å². The smallest absolute Gasteiger partial charge is 0.0175 e. The molecule has 0 radical (unpaired) electrons. The second-order valence-electron chi connectivity index (χ2n) is 2.07. The molecule has 1 nitrogen and oxygen atoms in total. The minimum absolute atomic E-state index is 0. The third-order valence-electron chi connectivity index (χ3n) is 1.25. The van der Waals surface area contributed by atoms with Crippen molar-refractivity contribution < 1.29 is 5.11 Å². The number of aliphatic hydroxyl groups excluding tert-OH is 1. The van der Waals surface area contributed by atoms with Crippen molar-refractivity contribution >= 4 is 15.9 Å². The van der Waals surface area contributed by atoms with Gasteiger partial charge in [0.2, 0.25) is 0 Å². The van der Waals surface area contributed by atoms with Gasteiger partial charge in [-0.3, -0.25) is 0 Å². The largest absolute Gasteiger partial charge is 0.421 e. The summed E-state index contributed by atoms with van der Waals surface area (Å²) in [5.74, 6) is 0. The quantitative estimate of drug-likeness (QED) is 0.630. The Morgan fingerprint density at radius 3 is 2.09 bits per heavy atom. The molecule has 1 aromatic rings. The molecule has 0 fully saturated rings. The number of rotatable bonds is 1. The van der Waals surface area contributed by atoms with Crippen LogP contribution in [0.5, 0.6) is 0 Å². The molecule has 0 bridgehead atoms. The van der Waals surface area contributed by atoms with Crippen LogP contribution in [0.2, 0.25) is 0 Å². The van der Waals surface area contributed by atoms with Crippen LogP contribution in [0.15, 0.2) is 28.7 Å². The zero-order chi connectivity index (χ0) is 7.56. The maximum Gasteiger partial charge on any atom is 0.0175 e. The minimum atomic E-state index is -0.618. The zero-order valence-electron chi connectivity index (χ0n) is 6.13. The van der Waals surface area contributed by atoms with Crippen LogP contribution in [0.4, 0.5) is 0 Å². The SMILES string of the molecule is [CH2-]C(O)c1ccc(Br)cc1.[Rf]. The molecule has 56 valence electrons. The Morgan fingerprint density at radius 1 is 1.27 bits per heavy atom.